The molecule has 1 N–H and O–H groups in total. The molecule has 0 amide bonds. The largest absolute Gasteiger partial charge is 0.478 e. The van der Waals surface area contributed by atoms with Crippen molar-refractivity contribution in [3.63, 3.8) is 0 Å². The normalized spacial score (nSPS) is 11.6. The first-order valence-corrected chi connectivity index (χ1v) is 10.1. The molecule has 0 spiro atoms. The van der Waals surface area contributed by atoms with Gasteiger partial charge < -0.3 is 9.67 Å². The van der Waals surface area contributed by atoms with Crippen molar-refractivity contribution in [1.29, 1.82) is 0 Å². The molecule has 1 aromatic carbocycles. The summed E-state index contributed by atoms with van der Waals surface area (Å²) < 4.78 is 2.06. The molecule has 6 heteroatoms. The van der Waals surface area contributed by atoms with Crippen LogP contribution in [0.3, 0.4) is 0 Å². The molecule has 0 aliphatic heterocycles. The van der Waals surface area contributed by atoms with Gasteiger partial charge in [-0.05, 0) is 41.8 Å². The van der Waals surface area contributed by atoms with Crippen molar-refractivity contribution in [3.05, 3.63) is 88.2 Å². The minimum Gasteiger partial charge on any atom is -0.478 e. The molecule has 0 unspecified atom stereocenters. The van der Waals surface area contributed by atoms with E-state index in [0.29, 0.717) is 23.6 Å². The predicted octanol–water partition coefficient (Wildman–Crippen LogP) is 5.03. The summed E-state index contributed by atoms with van der Waals surface area (Å²) in [7, 11) is 0. The van der Waals surface area contributed by atoms with E-state index in [1.54, 1.807) is 24.7 Å². The Bertz CT molecular complexity index is 996. The summed E-state index contributed by atoms with van der Waals surface area (Å²) in [5.41, 5.74) is 2.95. The van der Waals surface area contributed by atoms with Gasteiger partial charge in [-0.3, -0.25) is 4.98 Å². The van der Waals surface area contributed by atoms with Gasteiger partial charge in [0.15, 0.2) is 0 Å². The van der Waals surface area contributed by atoms with Crippen LogP contribution >= 0.6 is 11.6 Å². The first-order valence-electron chi connectivity index (χ1n) is 9.69. The summed E-state index contributed by atoms with van der Waals surface area (Å²) in [5, 5.41) is 10.4. The quantitative estimate of drug-likeness (QED) is 0.503. The molecule has 0 fully saturated rings. The minimum absolute atomic E-state index is 0.304. The van der Waals surface area contributed by atoms with E-state index in [4.69, 9.17) is 11.6 Å². The average Bonchev–Trinajstić information content (AvgIpc) is 3.09. The van der Waals surface area contributed by atoms with Crippen LogP contribution < -0.4 is 0 Å². The number of rotatable bonds is 9. The van der Waals surface area contributed by atoms with Crippen LogP contribution in [-0.2, 0) is 24.2 Å². The number of pyridine rings is 1. The van der Waals surface area contributed by atoms with Crippen molar-refractivity contribution >= 4 is 23.6 Å². The van der Waals surface area contributed by atoms with Gasteiger partial charge in [0.05, 0.1) is 18.4 Å². The number of aromatic nitrogens is 3. The highest BCUT2D eigenvalue weighted by Crippen LogP contribution is 2.21. The molecular formula is C23H24ClN3O2. The molecule has 3 aromatic rings. The Kier molecular flexibility index (Phi) is 7.19. The zero-order chi connectivity index (χ0) is 20.6. The lowest BCUT2D eigenvalue weighted by atomic mass is 10.1. The van der Waals surface area contributed by atoms with Crippen LogP contribution in [0.4, 0.5) is 0 Å². The molecule has 29 heavy (non-hydrogen) atoms. The number of benzene rings is 1. The van der Waals surface area contributed by atoms with E-state index in [1.807, 2.05) is 36.4 Å². The molecule has 0 aliphatic carbocycles. The average molecular weight is 410 g/mol. The SMILES string of the molecule is CCCCc1ncc(C=C(Cc2ccncc2)C(=O)O)n1Cc1ccccc1Cl. The number of carboxylic acid groups (broad SMARTS) is 1. The molecule has 0 aliphatic rings. The van der Waals surface area contributed by atoms with Gasteiger partial charge in [0.2, 0.25) is 0 Å². The Morgan fingerprint density at radius 3 is 2.66 bits per heavy atom. The zero-order valence-electron chi connectivity index (χ0n) is 16.4. The van der Waals surface area contributed by atoms with Gasteiger partial charge >= 0.3 is 5.97 Å². The van der Waals surface area contributed by atoms with Crippen molar-refractivity contribution in [2.75, 3.05) is 0 Å². The molecular weight excluding hydrogens is 386 g/mol. The number of hydrogen-bond acceptors (Lipinski definition) is 3. The molecule has 0 saturated heterocycles. The van der Waals surface area contributed by atoms with Crippen molar-refractivity contribution in [2.45, 2.75) is 39.2 Å². The van der Waals surface area contributed by atoms with Crippen LogP contribution in [0.1, 0.15) is 42.4 Å². The third-order valence-corrected chi connectivity index (χ3v) is 5.12. The molecule has 150 valence electrons. The van der Waals surface area contributed by atoms with Gasteiger partial charge in [0.25, 0.3) is 0 Å². The number of aliphatic carboxylic acids is 1. The number of unbranched alkanes of at least 4 members (excludes halogenated alkanes) is 1. The molecule has 0 bridgehead atoms. The Balaban J connectivity index is 1.98. The van der Waals surface area contributed by atoms with Crippen molar-refractivity contribution < 1.29 is 9.90 Å². The summed E-state index contributed by atoms with van der Waals surface area (Å²) in [6.45, 7) is 2.69. The van der Waals surface area contributed by atoms with Crippen LogP contribution in [0.5, 0.6) is 0 Å². The van der Waals surface area contributed by atoms with Crippen molar-refractivity contribution in [3.8, 4) is 0 Å². The predicted molar refractivity (Wildman–Crippen MR) is 115 cm³/mol. The van der Waals surface area contributed by atoms with Crippen molar-refractivity contribution in [2.24, 2.45) is 0 Å². The second-order valence-corrected chi connectivity index (χ2v) is 7.29. The van der Waals surface area contributed by atoms with Gasteiger partial charge in [-0.15, -0.1) is 0 Å². The van der Waals surface area contributed by atoms with Gasteiger partial charge in [-0.2, -0.15) is 0 Å². The van der Waals surface area contributed by atoms with Crippen LogP contribution in [0.2, 0.25) is 5.02 Å². The molecule has 2 heterocycles. The number of imidazole rings is 1. The maximum absolute atomic E-state index is 11.9. The number of nitrogens with zero attached hydrogens (tertiary/aromatic N) is 3. The van der Waals surface area contributed by atoms with Gasteiger partial charge in [0, 0.05) is 35.8 Å². The number of carbonyl (C=O) groups is 1. The van der Waals surface area contributed by atoms with E-state index >= 15 is 0 Å². The molecule has 2 aromatic heterocycles. The Morgan fingerprint density at radius 1 is 1.21 bits per heavy atom. The summed E-state index contributed by atoms with van der Waals surface area (Å²) in [4.78, 5) is 20.4. The van der Waals surface area contributed by atoms with E-state index in [9.17, 15) is 9.90 Å². The van der Waals surface area contributed by atoms with Crippen LogP contribution in [0, 0.1) is 0 Å². The van der Waals surface area contributed by atoms with E-state index in [0.717, 1.165) is 41.9 Å². The monoisotopic (exact) mass is 409 g/mol. The Hall–Kier alpha value is -2.92. The highest BCUT2D eigenvalue weighted by molar-refractivity contribution is 6.31. The molecule has 5 nitrogen and oxygen atoms in total. The van der Waals surface area contributed by atoms with E-state index < -0.39 is 5.97 Å². The summed E-state index contributed by atoms with van der Waals surface area (Å²) in [6.07, 6.45) is 10.0. The fourth-order valence-corrected chi connectivity index (χ4v) is 3.34. The lowest BCUT2D eigenvalue weighted by molar-refractivity contribution is -0.132. The standard InChI is InChI=1S/C23H24ClN3O2/c1-2-3-8-22-26-15-20(27(22)16-18-6-4-5-7-21(18)24)14-19(23(28)29)13-17-9-11-25-12-10-17/h4-7,9-12,14-15H,2-3,8,13,16H2,1H3,(H,28,29). The van der Waals surface area contributed by atoms with E-state index in [-0.39, 0.29) is 0 Å². The lowest BCUT2D eigenvalue weighted by Crippen LogP contribution is -2.09. The Labute approximate surface area is 175 Å². The Morgan fingerprint density at radius 2 is 1.97 bits per heavy atom. The van der Waals surface area contributed by atoms with Gasteiger partial charge in [-0.25, -0.2) is 9.78 Å². The third kappa shape index (κ3) is 5.55. The number of hydrogen-bond donors (Lipinski definition) is 1. The molecule has 0 saturated carbocycles. The van der Waals surface area contributed by atoms with Crippen LogP contribution in [0.15, 0.2) is 60.6 Å². The zero-order valence-corrected chi connectivity index (χ0v) is 17.1. The topological polar surface area (TPSA) is 68.0 Å². The maximum Gasteiger partial charge on any atom is 0.331 e. The van der Waals surface area contributed by atoms with Crippen LogP contribution in [0.25, 0.3) is 6.08 Å². The summed E-state index contributed by atoms with van der Waals surface area (Å²) in [5.74, 6) is -0.00548. The fraction of sp³-hybridized carbons (Fsp3) is 0.261. The first-order chi connectivity index (χ1) is 14.1. The first kappa shape index (κ1) is 20.8. The molecule has 0 radical (unpaired) electrons. The summed E-state index contributed by atoms with van der Waals surface area (Å²) >= 11 is 6.36. The van der Waals surface area contributed by atoms with Gasteiger partial charge in [-0.1, -0.05) is 43.1 Å². The fourth-order valence-electron chi connectivity index (χ4n) is 3.15. The maximum atomic E-state index is 11.9. The smallest absolute Gasteiger partial charge is 0.331 e. The summed E-state index contributed by atoms with van der Waals surface area (Å²) in [6, 6.07) is 11.3. The number of carboxylic acids is 1. The highest BCUT2D eigenvalue weighted by Gasteiger charge is 2.14. The second kappa shape index (κ2) is 10.0. The number of aryl methyl sites for hydroxylation is 1. The van der Waals surface area contributed by atoms with E-state index in [2.05, 4.69) is 21.5 Å². The lowest BCUT2D eigenvalue weighted by Gasteiger charge is -2.12. The second-order valence-electron chi connectivity index (χ2n) is 6.89. The highest BCUT2D eigenvalue weighted by atomic mass is 35.5. The molecule has 0 atom stereocenters. The third-order valence-electron chi connectivity index (χ3n) is 4.75. The van der Waals surface area contributed by atoms with Gasteiger partial charge in [0.1, 0.15) is 5.82 Å². The van der Waals surface area contributed by atoms with Crippen LogP contribution in [-0.4, -0.2) is 25.6 Å². The molecule has 3 rings (SSSR count). The minimum atomic E-state index is -0.942. The van der Waals surface area contributed by atoms with E-state index in [1.165, 1.54) is 0 Å². The number of halogens is 1. The van der Waals surface area contributed by atoms with Crippen molar-refractivity contribution in [1.82, 2.24) is 14.5 Å².